The lowest BCUT2D eigenvalue weighted by molar-refractivity contribution is -0.138. The number of aromatic nitrogens is 1. The number of carbonyl (C=O) groups is 5. The van der Waals surface area contributed by atoms with Gasteiger partial charge in [-0.3, -0.25) is 24.1 Å². The standard InChI is InChI=1S/C32H37F2N6O14P/c1-17-11-32(54-36-17)7-6-18(2)39-14-23(32)40-13-21(28(44)35-12-19-4-5-20(33)10-22(19)34)26(43)27(25(40)29(39)45)53-30(46)37(3)8-9-38(15-24(41)42)31(47)51-16-52-55(48,49)50/h4-5,10,13,18,23H,6-9,11-12,14-16H2,1-3H3,(H,35,44)(H,41,42)(H2,48,49,50)/t18-,23+,32-/m0/s1. The van der Waals surface area contributed by atoms with Gasteiger partial charge in [0.15, 0.2) is 11.3 Å². The van der Waals surface area contributed by atoms with Crippen molar-refractivity contribution in [2.24, 2.45) is 5.16 Å². The third kappa shape index (κ3) is 9.10. The number of fused-ring (bicyclic) bond motifs is 5. The molecule has 0 aliphatic carbocycles. The molecule has 4 heterocycles. The molecule has 23 heteroatoms. The Kier molecular flexibility index (Phi) is 11.9. The number of pyridine rings is 1. The number of aliphatic carboxylic acids is 1. The Morgan fingerprint density at radius 2 is 1.89 bits per heavy atom. The monoisotopic (exact) mass is 798 g/mol. The number of nitrogens with zero attached hydrogens (tertiary/aromatic N) is 5. The highest BCUT2D eigenvalue weighted by atomic mass is 31.2. The largest absolute Gasteiger partial charge is 0.480 e. The van der Waals surface area contributed by atoms with Gasteiger partial charge in [0.2, 0.25) is 18.0 Å². The highest BCUT2D eigenvalue weighted by molar-refractivity contribution is 7.46. The van der Waals surface area contributed by atoms with E-state index in [0.29, 0.717) is 35.9 Å². The van der Waals surface area contributed by atoms with E-state index < -0.39 is 111 Å². The van der Waals surface area contributed by atoms with Crippen LogP contribution in [0, 0.1) is 11.6 Å². The molecule has 0 radical (unpaired) electrons. The lowest BCUT2D eigenvalue weighted by atomic mass is 9.84. The van der Waals surface area contributed by atoms with Gasteiger partial charge in [-0.1, -0.05) is 11.2 Å². The first-order valence-corrected chi connectivity index (χ1v) is 18.1. The molecule has 1 fully saturated rings. The van der Waals surface area contributed by atoms with Crippen LogP contribution in [-0.2, 0) is 30.0 Å². The zero-order chi connectivity index (χ0) is 40.4. The number of rotatable bonds is 12. The van der Waals surface area contributed by atoms with Crippen LogP contribution in [0.15, 0.2) is 34.3 Å². The van der Waals surface area contributed by atoms with Crippen LogP contribution in [0.25, 0.3) is 0 Å². The molecule has 4 amide bonds. The Balaban J connectivity index is 1.48. The van der Waals surface area contributed by atoms with Crippen LogP contribution in [0.5, 0.6) is 5.75 Å². The topological polar surface area (TPSA) is 256 Å². The maximum Gasteiger partial charge on any atom is 0.472 e. The summed E-state index contributed by atoms with van der Waals surface area (Å²) in [5, 5.41) is 15.8. The predicted molar refractivity (Wildman–Crippen MR) is 181 cm³/mol. The molecule has 5 rings (SSSR count). The van der Waals surface area contributed by atoms with E-state index in [2.05, 4.69) is 19.7 Å². The first-order valence-electron chi connectivity index (χ1n) is 16.6. The average molecular weight is 799 g/mol. The number of benzene rings is 1. The SMILES string of the molecule is CC1=NO[C@@]2(CC[C@H](C)N3C[C@H]2n2cc(C(=O)NCc4ccc(F)cc4F)c(=O)c(OC(=O)N(C)CCN(CC(=O)O)C(=O)OCOP(=O)(O)O)c2C3=O)C1. The Morgan fingerprint density at radius 1 is 1.16 bits per heavy atom. The van der Waals surface area contributed by atoms with Crippen LogP contribution in [-0.4, -0.2) is 122 Å². The van der Waals surface area contributed by atoms with Crippen molar-refractivity contribution in [2.45, 2.75) is 57.3 Å². The highest BCUT2D eigenvalue weighted by Gasteiger charge is 2.54. The average Bonchev–Trinajstić information content (AvgIpc) is 3.43. The minimum Gasteiger partial charge on any atom is -0.480 e. The second-order valence-electron chi connectivity index (χ2n) is 13.1. The van der Waals surface area contributed by atoms with Gasteiger partial charge in [0.1, 0.15) is 23.7 Å². The van der Waals surface area contributed by atoms with E-state index >= 15 is 0 Å². The predicted octanol–water partition coefficient (Wildman–Crippen LogP) is 1.79. The Bertz CT molecular complexity index is 2040. The number of oxime groups is 1. The molecule has 3 aliphatic heterocycles. The van der Waals surface area contributed by atoms with Crippen LogP contribution in [0.4, 0.5) is 18.4 Å². The van der Waals surface area contributed by atoms with Crippen LogP contribution in [0.2, 0.25) is 0 Å². The van der Waals surface area contributed by atoms with E-state index in [1.165, 1.54) is 9.47 Å². The second kappa shape index (κ2) is 16.1. The number of halogens is 2. The quantitative estimate of drug-likeness (QED) is 0.177. The number of phosphoric acid groups is 1. The van der Waals surface area contributed by atoms with Crippen molar-refractivity contribution in [1.82, 2.24) is 24.6 Å². The molecule has 3 atom stereocenters. The van der Waals surface area contributed by atoms with Crippen LogP contribution in [0.1, 0.15) is 65.6 Å². The molecule has 1 saturated heterocycles. The van der Waals surface area contributed by atoms with E-state index in [0.717, 1.165) is 30.3 Å². The summed E-state index contributed by atoms with van der Waals surface area (Å²) in [6.07, 6.45) is -0.299. The normalized spacial score (nSPS) is 20.2. The van der Waals surface area contributed by atoms with Gasteiger partial charge in [-0.2, -0.15) is 0 Å². The van der Waals surface area contributed by atoms with E-state index in [-0.39, 0.29) is 23.8 Å². The molecule has 2 bridgehead atoms. The number of carboxylic acids is 1. The summed E-state index contributed by atoms with van der Waals surface area (Å²) in [7, 11) is -3.88. The van der Waals surface area contributed by atoms with Crippen LogP contribution >= 0.6 is 7.82 Å². The second-order valence-corrected chi connectivity index (χ2v) is 14.4. The Morgan fingerprint density at radius 3 is 2.53 bits per heavy atom. The first-order chi connectivity index (χ1) is 25.8. The number of hydrogen-bond acceptors (Lipinski definition) is 12. The number of carboxylic acid groups (broad SMARTS) is 1. The molecular formula is C32H37F2N6O14P. The summed E-state index contributed by atoms with van der Waals surface area (Å²) in [6.45, 7) is -0.0586. The summed E-state index contributed by atoms with van der Waals surface area (Å²) < 4.78 is 54.2. The van der Waals surface area contributed by atoms with Crippen molar-refractivity contribution in [3.63, 3.8) is 0 Å². The minimum absolute atomic E-state index is 0.0719. The summed E-state index contributed by atoms with van der Waals surface area (Å²) >= 11 is 0. The van der Waals surface area contributed by atoms with E-state index in [4.69, 9.17) is 19.4 Å². The van der Waals surface area contributed by atoms with Gasteiger partial charge in [-0.25, -0.2) is 27.5 Å². The number of ether oxygens (including phenoxy) is 2. The fourth-order valence-corrected chi connectivity index (χ4v) is 6.65. The molecule has 20 nitrogen and oxygen atoms in total. The zero-order valence-electron chi connectivity index (χ0n) is 29.6. The molecule has 2 aromatic rings. The molecule has 1 aromatic carbocycles. The maximum absolute atomic E-state index is 14.4. The molecule has 298 valence electrons. The van der Waals surface area contributed by atoms with Crippen molar-refractivity contribution >= 4 is 43.5 Å². The molecule has 55 heavy (non-hydrogen) atoms. The van der Waals surface area contributed by atoms with Crippen LogP contribution < -0.4 is 15.5 Å². The number of hydrogen-bond donors (Lipinski definition) is 4. The fourth-order valence-electron chi connectivity index (χ4n) is 6.46. The number of amides is 4. The molecule has 0 saturated carbocycles. The maximum atomic E-state index is 14.4. The van der Waals surface area contributed by atoms with Crippen molar-refractivity contribution in [3.8, 4) is 5.75 Å². The van der Waals surface area contributed by atoms with Crippen molar-refractivity contribution in [1.29, 1.82) is 0 Å². The van der Waals surface area contributed by atoms with Crippen molar-refractivity contribution in [3.05, 3.63) is 63.1 Å². The Hall–Kier alpha value is -5.44. The fraction of sp³-hybridized carbons (Fsp3) is 0.469. The van der Waals surface area contributed by atoms with Crippen molar-refractivity contribution < 1.29 is 71.0 Å². The van der Waals surface area contributed by atoms with Gasteiger partial charge in [-0.15, -0.1) is 0 Å². The van der Waals surface area contributed by atoms with E-state index in [1.807, 2.05) is 0 Å². The number of phosphoric ester groups is 1. The zero-order valence-corrected chi connectivity index (χ0v) is 30.5. The van der Waals surface area contributed by atoms with Gasteiger partial charge >= 0.3 is 26.0 Å². The highest BCUT2D eigenvalue weighted by Crippen LogP contribution is 2.46. The molecule has 3 aliphatic rings. The van der Waals surface area contributed by atoms with Gasteiger partial charge in [0, 0.05) is 63.5 Å². The molecule has 1 spiro atoms. The van der Waals surface area contributed by atoms with E-state index in [9.17, 15) is 47.2 Å². The molecule has 0 unspecified atom stereocenters. The number of carbonyl (C=O) groups excluding carboxylic acids is 4. The summed E-state index contributed by atoms with van der Waals surface area (Å²) in [5.41, 5.74) is -2.66. The molecular weight excluding hydrogens is 761 g/mol. The first kappa shape index (κ1) is 40.7. The third-order valence-corrected chi connectivity index (χ3v) is 9.76. The van der Waals surface area contributed by atoms with Crippen molar-refractivity contribution in [2.75, 3.05) is 40.0 Å². The van der Waals surface area contributed by atoms with Crippen LogP contribution in [0.3, 0.4) is 0 Å². The molecule has 1 aromatic heterocycles. The third-order valence-electron chi connectivity index (χ3n) is 9.32. The minimum atomic E-state index is -5.03. The smallest absolute Gasteiger partial charge is 0.472 e. The van der Waals surface area contributed by atoms with Gasteiger partial charge in [0.05, 0.1) is 11.8 Å². The summed E-state index contributed by atoms with van der Waals surface area (Å²) in [6, 6.07) is 1.57. The summed E-state index contributed by atoms with van der Waals surface area (Å²) in [4.78, 5) is 106. The van der Waals surface area contributed by atoms with Gasteiger partial charge in [0.25, 0.3) is 11.8 Å². The lowest BCUT2D eigenvalue weighted by Gasteiger charge is -2.42. The Labute approximate surface area is 310 Å². The van der Waals surface area contributed by atoms with Gasteiger partial charge in [-0.05, 0) is 32.8 Å². The van der Waals surface area contributed by atoms with E-state index in [1.54, 1.807) is 13.8 Å². The molecule has 4 N–H and O–H groups in total. The number of nitrogens with one attached hydrogen (secondary N) is 1. The number of likely N-dealkylation sites (N-methyl/N-ethyl adjacent to an activating group) is 1. The lowest BCUT2D eigenvalue weighted by Crippen LogP contribution is -2.53. The van der Waals surface area contributed by atoms with Gasteiger partial charge < -0.3 is 48.9 Å². The summed E-state index contributed by atoms with van der Waals surface area (Å²) in [5.74, 6) is -5.91.